The summed E-state index contributed by atoms with van der Waals surface area (Å²) in [7, 11) is 0. The molecule has 0 saturated heterocycles. The van der Waals surface area contributed by atoms with Gasteiger partial charge in [0.25, 0.3) is 0 Å². The SMILES string of the molecule is CC(=O)CCCNCc1cc(C)c(OCc2cccc(-c3ccc4c(c3)OCCO4)c2C)cc1OCc1cncc(C#N)c1. The molecule has 44 heavy (non-hydrogen) atoms. The van der Waals surface area contributed by atoms with Gasteiger partial charge in [0.1, 0.15) is 49.8 Å². The summed E-state index contributed by atoms with van der Waals surface area (Å²) in [6, 6.07) is 20.2. The largest absolute Gasteiger partial charge is 0.488 e. The van der Waals surface area contributed by atoms with Gasteiger partial charge in [0.15, 0.2) is 11.5 Å². The third kappa shape index (κ3) is 7.74. The third-order valence-electron chi connectivity index (χ3n) is 7.56. The Morgan fingerprint density at radius 3 is 2.59 bits per heavy atom. The first-order valence-electron chi connectivity index (χ1n) is 14.8. The molecule has 3 aromatic carbocycles. The number of fused-ring (bicyclic) bond motifs is 1. The van der Waals surface area contributed by atoms with Crippen molar-refractivity contribution in [1.82, 2.24) is 10.3 Å². The Kier molecular flexibility index (Phi) is 10.1. The number of nitrogens with one attached hydrogen (secondary N) is 1. The van der Waals surface area contributed by atoms with Gasteiger partial charge in [0, 0.05) is 42.6 Å². The number of rotatable bonds is 13. The molecule has 0 aliphatic carbocycles. The Hall–Kier alpha value is -4.87. The molecule has 1 aliphatic rings. The molecule has 8 heteroatoms. The Morgan fingerprint density at radius 1 is 0.955 bits per heavy atom. The average Bonchev–Trinajstić information content (AvgIpc) is 3.04. The fraction of sp³-hybridized carbons (Fsp3) is 0.306. The van der Waals surface area contributed by atoms with E-state index in [1.165, 1.54) is 6.20 Å². The molecule has 0 bridgehead atoms. The highest BCUT2D eigenvalue weighted by Crippen LogP contribution is 2.36. The first kappa shape index (κ1) is 30.6. The third-order valence-corrected chi connectivity index (χ3v) is 7.56. The molecule has 2 heterocycles. The van der Waals surface area contributed by atoms with E-state index >= 15 is 0 Å². The van der Waals surface area contributed by atoms with Gasteiger partial charge in [-0.05, 0) is 85.8 Å². The van der Waals surface area contributed by atoms with Crippen LogP contribution in [0.25, 0.3) is 11.1 Å². The van der Waals surface area contributed by atoms with Gasteiger partial charge in [0.05, 0.1) is 5.56 Å². The number of Topliss-reactive ketones (excluding diaryl/α,β-unsaturated/α-hetero) is 1. The van der Waals surface area contributed by atoms with Crippen LogP contribution >= 0.6 is 0 Å². The standard InChI is InChI=1S/C36H37N3O5/c1-24-14-31(21-38-11-5-6-25(2)40)35(43-22-28-15-27(18-37)19-39-20-28)17-34(24)44-23-30-7-4-8-32(26(30)3)29-9-10-33-36(16-29)42-13-12-41-33/h4,7-10,14-17,19-20,38H,5-6,11-13,21-23H2,1-3H3. The van der Waals surface area contributed by atoms with Gasteiger partial charge in [-0.25, -0.2) is 0 Å². The first-order valence-corrected chi connectivity index (χ1v) is 14.8. The number of ketones is 1. The molecule has 0 unspecified atom stereocenters. The molecule has 1 aromatic heterocycles. The Labute approximate surface area is 258 Å². The Bertz CT molecular complexity index is 1680. The predicted molar refractivity (Wildman–Crippen MR) is 168 cm³/mol. The van der Waals surface area contributed by atoms with Crippen LogP contribution in [0.4, 0.5) is 0 Å². The lowest BCUT2D eigenvalue weighted by Gasteiger charge is -2.20. The van der Waals surface area contributed by atoms with Gasteiger partial charge < -0.3 is 29.1 Å². The molecule has 1 aliphatic heterocycles. The van der Waals surface area contributed by atoms with Gasteiger partial charge in [0.2, 0.25) is 0 Å². The topological polar surface area (TPSA) is 103 Å². The van der Waals surface area contributed by atoms with Crippen molar-refractivity contribution in [2.24, 2.45) is 0 Å². The number of aromatic nitrogens is 1. The Morgan fingerprint density at radius 2 is 1.77 bits per heavy atom. The molecule has 4 aromatic rings. The van der Waals surface area contributed by atoms with Crippen LogP contribution in [0, 0.1) is 25.2 Å². The second-order valence-electron chi connectivity index (χ2n) is 10.9. The lowest BCUT2D eigenvalue weighted by Crippen LogP contribution is -2.16. The summed E-state index contributed by atoms with van der Waals surface area (Å²) in [5.74, 6) is 3.14. The van der Waals surface area contributed by atoms with E-state index in [0.29, 0.717) is 44.1 Å². The molecule has 0 saturated carbocycles. The van der Waals surface area contributed by atoms with E-state index < -0.39 is 0 Å². The monoisotopic (exact) mass is 591 g/mol. The molecule has 0 spiro atoms. The van der Waals surface area contributed by atoms with Crippen molar-refractivity contribution in [3.05, 3.63) is 100 Å². The number of benzene rings is 3. The number of hydrogen-bond acceptors (Lipinski definition) is 8. The molecule has 0 fully saturated rings. The van der Waals surface area contributed by atoms with Gasteiger partial charge in [-0.2, -0.15) is 5.26 Å². The lowest BCUT2D eigenvalue weighted by atomic mass is 9.96. The fourth-order valence-electron chi connectivity index (χ4n) is 5.15. The number of carbonyl (C=O) groups is 1. The van der Waals surface area contributed by atoms with E-state index in [9.17, 15) is 10.1 Å². The molecule has 226 valence electrons. The number of nitriles is 1. The van der Waals surface area contributed by atoms with Gasteiger partial charge in [-0.3, -0.25) is 4.98 Å². The summed E-state index contributed by atoms with van der Waals surface area (Å²) in [6.07, 6.45) is 4.56. The number of ether oxygens (including phenoxy) is 4. The van der Waals surface area contributed by atoms with Crippen molar-refractivity contribution in [2.45, 2.75) is 53.4 Å². The zero-order chi connectivity index (χ0) is 30.9. The summed E-state index contributed by atoms with van der Waals surface area (Å²) >= 11 is 0. The average molecular weight is 592 g/mol. The van der Waals surface area contributed by atoms with E-state index in [1.807, 2.05) is 31.2 Å². The van der Waals surface area contributed by atoms with Crippen molar-refractivity contribution in [1.29, 1.82) is 5.26 Å². The maximum absolute atomic E-state index is 11.3. The summed E-state index contributed by atoms with van der Waals surface area (Å²) in [4.78, 5) is 15.5. The highest BCUT2D eigenvalue weighted by Gasteiger charge is 2.16. The fourth-order valence-corrected chi connectivity index (χ4v) is 5.15. The van der Waals surface area contributed by atoms with Crippen molar-refractivity contribution in [3.8, 4) is 40.2 Å². The molecule has 0 amide bonds. The molecule has 8 nitrogen and oxygen atoms in total. The molecular weight excluding hydrogens is 554 g/mol. The van der Waals surface area contributed by atoms with Crippen LogP contribution in [-0.2, 0) is 24.6 Å². The molecule has 1 N–H and O–H groups in total. The van der Waals surface area contributed by atoms with E-state index in [4.69, 9.17) is 18.9 Å². The number of nitrogens with zero attached hydrogens (tertiary/aromatic N) is 2. The molecular formula is C36H37N3O5. The van der Waals surface area contributed by atoms with Crippen LogP contribution in [0.1, 0.15) is 53.1 Å². The normalized spacial score (nSPS) is 12.0. The van der Waals surface area contributed by atoms with Crippen LogP contribution < -0.4 is 24.3 Å². The minimum absolute atomic E-state index is 0.188. The van der Waals surface area contributed by atoms with Crippen molar-refractivity contribution in [2.75, 3.05) is 19.8 Å². The highest BCUT2D eigenvalue weighted by atomic mass is 16.6. The van der Waals surface area contributed by atoms with Crippen LogP contribution in [0.5, 0.6) is 23.0 Å². The second kappa shape index (κ2) is 14.5. The summed E-state index contributed by atoms with van der Waals surface area (Å²) in [6.45, 7) is 8.82. The van der Waals surface area contributed by atoms with Crippen molar-refractivity contribution in [3.63, 3.8) is 0 Å². The lowest BCUT2D eigenvalue weighted by molar-refractivity contribution is -0.117. The molecule has 0 atom stereocenters. The van der Waals surface area contributed by atoms with Crippen molar-refractivity contribution < 1.29 is 23.7 Å². The van der Waals surface area contributed by atoms with Gasteiger partial charge in [-0.1, -0.05) is 24.3 Å². The predicted octanol–water partition coefficient (Wildman–Crippen LogP) is 6.63. The quantitative estimate of drug-likeness (QED) is 0.173. The Balaban J connectivity index is 1.33. The van der Waals surface area contributed by atoms with E-state index in [1.54, 1.807) is 19.2 Å². The van der Waals surface area contributed by atoms with Crippen LogP contribution in [0.3, 0.4) is 0 Å². The smallest absolute Gasteiger partial charge is 0.161 e. The minimum atomic E-state index is 0.188. The van der Waals surface area contributed by atoms with Crippen LogP contribution in [0.2, 0.25) is 0 Å². The zero-order valence-corrected chi connectivity index (χ0v) is 25.4. The van der Waals surface area contributed by atoms with E-state index in [0.717, 1.165) is 69.2 Å². The maximum Gasteiger partial charge on any atom is 0.161 e. The minimum Gasteiger partial charge on any atom is -0.488 e. The highest BCUT2D eigenvalue weighted by molar-refractivity contribution is 5.75. The summed E-state index contributed by atoms with van der Waals surface area (Å²) in [5.41, 5.74) is 7.66. The van der Waals surface area contributed by atoms with Crippen molar-refractivity contribution >= 4 is 5.78 Å². The van der Waals surface area contributed by atoms with Gasteiger partial charge in [-0.15, -0.1) is 0 Å². The van der Waals surface area contributed by atoms with E-state index in [2.05, 4.69) is 47.6 Å². The van der Waals surface area contributed by atoms with Gasteiger partial charge >= 0.3 is 0 Å². The number of pyridine rings is 1. The maximum atomic E-state index is 11.3. The van der Waals surface area contributed by atoms with Crippen LogP contribution in [0.15, 0.2) is 67.0 Å². The molecule has 0 radical (unpaired) electrons. The van der Waals surface area contributed by atoms with Crippen LogP contribution in [-0.4, -0.2) is 30.5 Å². The second-order valence-corrected chi connectivity index (χ2v) is 10.9. The number of aryl methyl sites for hydroxylation is 1. The number of carbonyl (C=O) groups excluding carboxylic acids is 1. The summed E-state index contributed by atoms with van der Waals surface area (Å²) < 4.78 is 24.2. The zero-order valence-electron chi connectivity index (χ0n) is 25.4. The molecule has 5 rings (SSSR count). The summed E-state index contributed by atoms with van der Waals surface area (Å²) in [5, 5.41) is 12.7. The van der Waals surface area contributed by atoms with E-state index in [-0.39, 0.29) is 12.4 Å². The number of hydrogen-bond donors (Lipinski definition) is 1. The first-order chi connectivity index (χ1) is 21.4.